The molecule has 0 spiro atoms. The van der Waals surface area contributed by atoms with Gasteiger partial charge in [-0.2, -0.15) is 22.0 Å². The maximum atomic E-state index is 12.1. The molecule has 0 aliphatic heterocycles. The van der Waals surface area contributed by atoms with Crippen molar-refractivity contribution < 1.29 is 22.0 Å². The molecule has 0 radical (unpaired) electrons. The van der Waals surface area contributed by atoms with E-state index < -0.39 is 24.7 Å². The lowest BCUT2D eigenvalue weighted by atomic mass is 10.3. The van der Waals surface area contributed by atoms with Gasteiger partial charge in [0.25, 0.3) is 0 Å². The molecule has 0 fully saturated rings. The van der Waals surface area contributed by atoms with Gasteiger partial charge < -0.3 is 5.32 Å². The quantitative estimate of drug-likeness (QED) is 0.674. The van der Waals surface area contributed by atoms with Gasteiger partial charge in [0.1, 0.15) is 0 Å². The summed E-state index contributed by atoms with van der Waals surface area (Å²) in [6.07, 6.45) is -5.46. The highest BCUT2D eigenvalue weighted by Crippen LogP contribution is 2.34. The fourth-order valence-electron chi connectivity index (χ4n) is 0.433. The fraction of sp³-hybridized carbons (Fsp3) is 1.00. The highest BCUT2D eigenvalue weighted by molar-refractivity contribution is 4.78. The van der Waals surface area contributed by atoms with E-state index in [-0.39, 0.29) is 0 Å². The zero-order chi connectivity index (χ0) is 9.99. The molecule has 0 unspecified atom stereocenters. The Hall–Kier alpha value is -0.390. The van der Waals surface area contributed by atoms with E-state index in [0.717, 1.165) is 0 Å². The van der Waals surface area contributed by atoms with Crippen LogP contribution in [0.25, 0.3) is 0 Å². The van der Waals surface area contributed by atoms with Crippen molar-refractivity contribution in [3.8, 4) is 0 Å². The summed E-state index contributed by atoms with van der Waals surface area (Å²) in [5.41, 5.74) is 0. The van der Waals surface area contributed by atoms with E-state index in [1.807, 2.05) is 5.32 Å². The van der Waals surface area contributed by atoms with Crippen molar-refractivity contribution in [3.63, 3.8) is 0 Å². The maximum absolute atomic E-state index is 12.1. The van der Waals surface area contributed by atoms with Crippen LogP contribution in [0.1, 0.15) is 13.8 Å². The summed E-state index contributed by atoms with van der Waals surface area (Å²) in [6, 6.07) is -0.391. The molecule has 0 saturated heterocycles. The van der Waals surface area contributed by atoms with Crippen molar-refractivity contribution in [1.29, 1.82) is 0 Å². The van der Waals surface area contributed by atoms with Gasteiger partial charge in [-0.15, -0.1) is 0 Å². The fourth-order valence-corrected chi connectivity index (χ4v) is 0.433. The molecule has 0 aromatic rings. The van der Waals surface area contributed by atoms with E-state index in [2.05, 4.69) is 0 Å². The minimum atomic E-state index is -5.46. The summed E-state index contributed by atoms with van der Waals surface area (Å²) in [6.45, 7) is 1.62. The van der Waals surface area contributed by atoms with Crippen LogP contribution in [0.5, 0.6) is 0 Å². The van der Waals surface area contributed by atoms with Gasteiger partial charge in [-0.25, -0.2) is 0 Å². The summed E-state index contributed by atoms with van der Waals surface area (Å²) < 4.78 is 58.7. The zero-order valence-electron chi connectivity index (χ0n) is 6.67. The molecule has 0 amide bonds. The first-order chi connectivity index (χ1) is 5.17. The minimum Gasteiger partial charge on any atom is -0.309 e. The van der Waals surface area contributed by atoms with E-state index in [4.69, 9.17) is 0 Å². The van der Waals surface area contributed by atoms with E-state index in [1.165, 1.54) is 13.8 Å². The first-order valence-electron chi connectivity index (χ1n) is 3.35. The number of hydrogen-bond donors (Lipinski definition) is 1. The van der Waals surface area contributed by atoms with Crippen molar-refractivity contribution in [2.45, 2.75) is 32.0 Å². The number of nitrogens with one attached hydrogen (secondary N) is 1. The van der Waals surface area contributed by atoms with Gasteiger partial charge in [0.05, 0.1) is 6.54 Å². The van der Waals surface area contributed by atoms with Gasteiger partial charge in [0.2, 0.25) is 0 Å². The summed E-state index contributed by atoms with van der Waals surface area (Å²) in [5, 5.41) is 2.02. The molecule has 1 nitrogen and oxygen atoms in total. The van der Waals surface area contributed by atoms with Crippen LogP contribution in [0.15, 0.2) is 0 Å². The lowest BCUT2D eigenvalue weighted by Crippen LogP contribution is -2.46. The van der Waals surface area contributed by atoms with Crippen LogP contribution in [-0.2, 0) is 0 Å². The molecule has 0 saturated carbocycles. The van der Waals surface area contributed by atoms with Crippen LogP contribution >= 0.6 is 0 Å². The predicted octanol–water partition coefficient (Wildman–Crippen LogP) is 2.18. The Morgan fingerprint density at radius 3 is 1.75 bits per heavy atom. The largest absolute Gasteiger partial charge is 0.454 e. The van der Waals surface area contributed by atoms with E-state index >= 15 is 0 Å². The molecule has 0 bridgehead atoms. The van der Waals surface area contributed by atoms with Crippen LogP contribution < -0.4 is 5.32 Å². The highest BCUT2D eigenvalue weighted by atomic mass is 19.4. The number of halogens is 5. The van der Waals surface area contributed by atoms with E-state index in [1.54, 1.807) is 0 Å². The van der Waals surface area contributed by atoms with E-state index in [0.29, 0.717) is 0 Å². The normalized spacial score (nSPS) is 14.0. The second-order valence-electron chi connectivity index (χ2n) is 2.74. The van der Waals surface area contributed by atoms with Crippen molar-refractivity contribution in [3.05, 3.63) is 0 Å². The second kappa shape index (κ2) is 3.55. The summed E-state index contributed by atoms with van der Waals surface area (Å²) in [4.78, 5) is 0. The number of alkyl halides is 5. The molecule has 1 N–H and O–H groups in total. The Bertz CT molecular complexity index is 139. The molecule has 12 heavy (non-hydrogen) atoms. The summed E-state index contributed by atoms with van der Waals surface area (Å²) in [5.74, 6) is -4.64. The van der Waals surface area contributed by atoms with Crippen LogP contribution in [0.2, 0.25) is 0 Å². The highest BCUT2D eigenvalue weighted by Gasteiger charge is 2.56. The van der Waals surface area contributed by atoms with Crippen LogP contribution in [0.3, 0.4) is 0 Å². The lowest BCUT2D eigenvalue weighted by molar-refractivity contribution is -0.279. The standard InChI is InChI=1S/C6H10F5N/c1-4(2)12-3-5(7,8)6(9,10)11/h4,12H,3H2,1-2H3. The zero-order valence-corrected chi connectivity index (χ0v) is 6.67. The summed E-state index contributed by atoms with van der Waals surface area (Å²) >= 11 is 0. The molecule has 0 atom stereocenters. The van der Waals surface area contributed by atoms with Gasteiger partial charge in [0.15, 0.2) is 0 Å². The van der Waals surface area contributed by atoms with Gasteiger partial charge in [-0.3, -0.25) is 0 Å². The van der Waals surface area contributed by atoms with Crippen molar-refractivity contribution in [2.24, 2.45) is 0 Å². The Balaban J connectivity index is 4.05. The Morgan fingerprint density at radius 1 is 1.08 bits per heavy atom. The molecule has 0 rings (SSSR count). The molecule has 0 aromatic heterocycles. The third-order valence-corrected chi connectivity index (χ3v) is 1.15. The molecule has 0 aromatic carbocycles. The van der Waals surface area contributed by atoms with Crippen molar-refractivity contribution in [2.75, 3.05) is 6.54 Å². The van der Waals surface area contributed by atoms with Gasteiger partial charge >= 0.3 is 12.1 Å². The molecule has 6 heteroatoms. The third kappa shape index (κ3) is 3.34. The first kappa shape index (κ1) is 11.6. The molecule has 0 heterocycles. The molecule has 74 valence electrons. The van der Waals surface area contributed by atoms with Gasteiger partial charge in [0, 0.05) is 6.04 Å². The second-order valence-corrected chi connectivity index (χ2v) is 2.74. The third-order valence-electron chi connectivity index (χ3n) is 1.15. The molecular formula is C6H10F5N. The molecular weight excluding hydrogens is 181 g/mol. The minimum absolute atomic E-state index is 0.391. The van der Waals surface area contributed by atoms with Gasteiger partial charge in [-0.1, -0.05) is 13.8 Å². The SMILES string of the molecule is CC(C)NCC(F)(F)C(F)(F)F. The van der Waals surface area contributed by atoms with E-state index in [9.17, 15) is 22.0 Å². The van der Waals surface area contributed by atoms with Crippen molar-refractivity contribution in [1.82, 2.24) is 5.32 Å². The Morgan fingerprint density at radius 2 is 1.50 bits per heavy atom. The lowest BCUT2D eigenvalue weighted by Gasteiger charge is -2.20. The van der Waals surface area contributed by atoms with Crippen molar-refractivity contribution >= 4 is 0 Å². The Kier molecular flexibility index (Phi) is 3.44. The summed E-state index contributed by atoms with van der Waals surface area (Å²) in [7, 11) is 0. The average molecular weight is 191 g/mol. The first-order valence-corrected chi connectivity index (χ1v) is 3.35. The predicted molar refractivity (Wildman–Crippen MR) is 34.1 cm³/mol. The van der Waals surface area contributed by atoms with Crippen LogP contribution in [0, 0.1) is 0 Å². The maximum Gasteiger partial charge on any atom is 0.454 e. The average Bonchev–Trinajstić information content (AvgIpc) is 1.81. The number of hydrogen-bond acceptors (Lipinski definition) is 1. The molecule has 0 aliphatic rings. The van der Waals surface area contributed by atoms with Crippen LogP contribution in [0.4, 0.5) is 22.0 Å². The molecule has 0 aliphatic carbocycles. The monoisotopic (exact) mass is 191 g/mol. The van der Waals surface area contributed by atoms with Gasteiger partial charge in [-0.05, 0) is 0 Å². The van der Waals surface area contributed by atoms with Crippen LogP contribution in [-0.4, -0.2) is 24.7 Å². The Labute approximate surface area is 66.9 Å². The topological polar surface area (TPSA) is 12.0 Å². The smallest absolute Gasteiger partial charge is 0.309 e. The number of rotatable bonds is 3.